The first-order chi connectivity index (χ1) is 8.87. The molecule has 0 amide bonds. The molecular weight excluding hydrogens is 238 g/mol. The van der Waals surface area contributed by atoms with Gasteiger partial charge in [-0.3, -0.25) is 4.68 Å². The van der Waals surface area contributed by atoms with E-state index in [0.29, 0.717) is 0 Å². The van der Waals surface area contributed by atoms with E-state index in [1.54, 1.807) is 4.68 Å². The molecular formula is C14H21N5. The SMILES string of the molecule is CNc1cc(-c2cnn(C)c2)nc(CC(C)(C)C)n1. The van der Waals surface area contributed by atoms with Crippen LogP contribution in [0.25, 0.3) is 11.3 Å². The molecule has 0 bridgehead atoms. The van der Waals surface area contributed by atoms with Gasteiger partial charge in [0.05, 0.1) is 11.9 Å². The summed E-state index contributed by atoms with van der Waals surface area (Å²) >= 11 is 0. The fourth-order valence-electron chi connectivity index (χ4n) is 1.88. The number of hydrogen-bond donors (Lipinski definition) is 1. The molecule has 0 fully saturated rings. The van der Waals surface area contributed by atoms with Crippen molar-refractivity contribution >= 4 is 5.82 Å². The third-order valence-electron chi connectivity index (χ3n) is 2.72. The Balaban J connectivity index is 2.41. The minimum absolute atomic E-state index is 0.165. The lowest BCUT2D eigenvalue weighted by molar-refractivity contribution is 0.401. The van der Waals surface area contributed by atoms with E-state index in [4.69, 9.17) is 0 Å². The maximum Gasteiger partial charge on any atom is 0.131 e. The Morgan fingerprint density at radius 3 is 2.53 bits per heavy atom. The molecule has 0 aliphatic rings. The van der Waals surface area contributed by atoms with Gasteiger partial charge in [0, 0.05) is 38.3 Å². The maximum absolute atomic E-state index is 4.65. The van der Waals surface area contributed by atoms with Gasteiger partial charge in [-0.25, -0.2) is 9.97 Å². The first kappa shape index (κ1) is 13.5. The summed E-state index contributed by atoms with van der Waals surface area (Å²) in [6.45, 7) is 6.56. The fourth-order valence-corrected chi connectivity index (χ4v) is 1.88. The highest BCUT2D eigenvalue weighted by molar-refractivity contribution is 5.60. The predicted molar refractivity (Wildman–Crippen MR) is 76.9 cm³/mol. The Labute approximate surface area is 114 Å². The van der Waals surface area contributed by atoms with Gasteiger partial charge in [0.25, 0.3) is 0 Å². The van der Waals surface area contributed by atoms with Gasteiger partial charge in [0.2, 0.25) is 0 Å². The van der Waals surface area contributed by atoms with E-state index in [1.165, 1.54) is 0 Å². The molecule has 0 saturated carbocycles. The van der Waals surface area contributed by atoms with Crippen LogP contribution in [0.15, 0.2) is 18.5 Å². The van der Waals surface area contributed by atoms with E-state index in [1.807, 2.05) is 32.6 Å². The van der Waals surface area contributed by atoms with Crippen LogP contribution in [0.3, 0.4) is 0 Å². The van der Waals surface area contributed by atoms with Crippen molar-refractivity contribution in [1.82, 2.24) is 19.7 Å². The molecule has 0 aliphatic carbocycles. The summed E-state index contributed by atoms with van der Waals surface area (Å²) in [7, 11) is 3.77. The largest absolute Gasteiger partial charge is 0.373 e. The molecule has 0 aromatic carbocycles. The molecule has 2 aromatic rings. The molecule has 0 radical (unpaired) electrons. The van der Waals surface area contributed by atoms with E-state index >= 15 is 0 Å². The van der Waals surface area contributed by atoms with E-state index in [0.717, 1.165) is 29.3 Å². The number of aryl methyl sites for hydroxylation is 1. The normalized spacial score (nSPS) is 11.6. The fraction of sp³-hybridized carbons (Fsp3) is 0.500. The van der Waals surface area contributed by atoms with Crippen LogP contribution >= 0.6 is 0 Å². The summed E-state index contributed by atoms with van der Waals surface area (Å²) in [6.07, 6.45) is 4.63. The molecule has 0 saturated heterocycles. The minimum Gasteiger partial charge on any atom is -0.373 e. The molecule has 2 aromatic heterocycles. The standard InChI is InChI=1S/C14H21N5/c1-14(2,3)7-13-17-11(6-12(15-4)18-13)10-8-16-19(5)9-10/h6,8-9H,7H2,1-5H3,(H,15,17,18). The molecule has 2 rings (SSSR count). The van der Waals surface area contributed by atoms with Gasteiger partial charge in [-0.05, 0) is 5.41 Å². The van der Waals surface area contributed by atoms with Gasteiger partial charge in [0.1, 0.15) is 11.6 Å². The third-order valence-corrected chi connectivity index (χ3v) is 2.72. The predicted octanol–water partition coefficient (Wildman–Crippen LogP) is 2.51. The van der Waals surface area contributed by atoms with Crippen LogP contribution in [0.5, 0.6) is 0 Å². The highest BCUT2D eigenvalue weighted by Gasteiger charge is 2.15. The lowest BCUT2D eigenvalue weighted by Gasteiger charge is -2.17. The number of hydrogen-bond acceptors (Lipinski definition) is 4. The monoisotopic (exact) mass is 259 g/mol. The van der Waals surface area contributed by atoms with Gasteiger partial charge in [-0.2, -0.15) is 5.10 Å². The second-order valence-corrected chi connectivity index (χ2v) is 5.94. The molecule has 5 heteroatoms. The van der Waals surface area contributed by atoms with Crippen LogP contribution in [-0.2, 0) is 13.5 Å². The molecule has 0 unspecified atom stereocenters. The zero-order chi connectivity index (χ0) is 14.0. The summed E-state index contributed by atoms with van der Waals surface area (Å²) in [6, 6.07) is 1.95. The number of aromatic nitrogens is 4. The van der Waals surface area contributed by atoms with Crippen LogP contribution in [-0.4, -0.2) is 26.8 Å². The van der Waals surface area contributed by atoms with Gasteiger partial charge in [-0.1, -0.05) is 20.8 Å². The summed E-state index contributed by atoms with van der Waals surface area (Å²) in [5.41, 5.74) is 2.08. The first-order valence-corrected chi connectivity index (χ1v) is 6.42. The Morgan fingerprint density at radius 2 is 2.00 bits per heavy atom. The van der Waals surface area contributed by atoms with Crippen molar-refractivity contribution in [3.8, 4) is 11.3 Å². The smallest absolute Gasteiger partial charge is 0.131 e. The van der Waals surface area contributed by atoms with Crippen molar-refractivity contribution < 1.29 is 0 Å². The zero-order valence-corrected chi connectivity index (χ0v) is 12.2. The summed E-state index contributed by atoms with van der Waals surface area (Å²) in [4.78, 5) is 9.17. The lowest BCUT2D eigenvalue weighted by Crippen LogP contribution is -2.13. The molecule has 2 heterocycles. The molecule has 1 N–H and O–H groups in total. The number of anilines is 1. The van der Waals surface area contributed by atoms with Crippen molar-refractivity contribution in [1.29, 1.82) is 0 Å². The summed E-state index contributed by atoms with van der Waals surface area (Å²) in [5.74, 6) is 1.70. The summed E-state index contributed by atoms with van der Waals surface area (Å²) in [5, 5.41) is 7.28. The van der Waals surface area contributed by atoms with Crippen LogP contribution in [0.4, 0.5) is 5.82 Å². The number of rotatable bonds is 3. The van der Waals surface area contributed by atoms with Crippen molar-refractivity contribution in [2.24, 2.45) is 12.5 Å². The van der Waals surface area contributed by atoms with Crippen LogP contribution in [0.2, 0.25) is 0 Å². The van der Waals surface area contributed by atoms with E-state index in [-0.39, 0.29) is 5.41 Å². The summed E-state index contributed by atoms with van der Waals surface area (Å²) < 4.78 is 1.78. The maximum atomic E-state index is 4.65. The van der Waals surface area contributed by atoms with E-state index < -0.39 is 0 Å². The van der Waals surface area contributed by atoms with Gasteiger partial charge in [0.15, 0.2) is 0 Å². The number of nitrogens with zero attached hydrogens (tertiary/aromatic N) is 4. The van der Waals surface area contributed by atoms with Crippen molar-refractivity contribution in [2.75, 3.05) is 12.4 Å². The molecule has 0 aliphatic heterocycles. The number of nitrogens with one attached hydrogen (secondary N) is 1. The zero-order valence-electron chi connectivity index (χ0n) is 12.2. The van der Waals surface area contributed by atoms with Gasteiger partial charge < -0.3 is 5.32 Å². The molecule has 102 valence electrons. The van der Waals surface area contributed by atoms with Crippen molar-refractivity contribution in [3.63, 3.8) is 0 Å². The van der Waals surface area contributed by atoms with Crippen molar-refractivity contribution in [2.45, 2.75) is 27.2 Å². The van der Waals surface area contributed by atoms with Crippen molar-refractivity contribution in [3.05, 3.63) is 24.3 Å². The highest BCUT2D eigenvalue weighted by atomic mass is 15.2. The Kier molecular flexibility index (Phi) is 3.55. The quantitative estimate of drug-likeness (QED) is 0.920. The second-order valence-electron chi connectivity index (χ2n) is 5.94. The van der Waals surface area contributed by atoms with E-state index in [9.17, 15) is 0 Å². The van der Waals surface area contributed by atoms with Crippen LogP contribution in [0, 0.1) is 5.41 Å². The second kappa shape index (κ2) is 4.99. The Hall–Kier alpha value is -1.91. The molecule has 19 heavy (non-hydrogen) atoms. The van der Waals surface area contributed by atoms with Gasteiger partial charge in [-0.15, -0.1) is 0 Å². The molecule has 0 spiro atoms. The van der Waals surface area contributed by atoms with E-state index in [2.05, 4.69) is 41.2 Å². The molecule has 5 nitrogen and oxygen atoms in total. The Morgan fingerprint density at radius 1 is 1.26 bits per heavy atom. The lowest BCUT2D eigenvalue weighted by atomic mass is 9.92. The average Bonchev–Trinajstić information content (AvgIpc) is 2.73. The van der Waals surface area contributed by atoms with Crippen LogP contribution in [0.1, 0.15) is 26.6 Å². The Bertz CT molecular complexity index is 565. The van der Waals surface area contributed by atoms with Crippen LogP contribution < -0.4 is 5.32 Å². The topological polar surface area (TPSA) is 55.6 Å². The molecule has 0 atom stereocenters. The minimum atomic E-state index is 0.165. The first-order valence-electron chi connectivity index (χ1n) is 6.42. The van der Waals surface area contributed by atoms with Gasteiger partial charge >= 0.3 is 0 Å². The third kappa shape index (κ3) is 3.53. The highest BCUT2D eigenvalue weighted by Crippen LogP contribution is 2.23. The average molecular weight is 259 g/mol.